The van der Waals surface area contributed by atoms with E-state index in [1.54, 1.807) is 0 Å². The van der Waals surface area contributed by atoms with Crippen LogP contribution in [0.4, 0.5) is 0 Å². The largest absolute Gasteiger partial charge is 0.348 e. The van der Waals surface area contributed by atoms with E-state index in [0.29, 0.717) is 5.56 Å². The van der Waals surface area contributed by atoms with Crippen molar-refractivity contribution in [3.8, 4) is 0 Å². The first-order valence-electron chi connectivity index (χ1n) is 5.77. The molecule has 1 aromatic carbocycles. The molecule has 1 aromatic rings. The van der Waals surface area contributed by atoms with Crippen molar-refractivity contribution in [1.29, 1.82) is 0 Å². The molecule has 0 unspecified atom stereocenters. The minimum atomic E-state index is -0.0156. The van der Waals surface area contributed by atoms with Gasteiger partial charge in [-0.1, -0.05) is 31.0 Å². The molecule has 1 aliphatic carbocycles. The van der Waals surface area contributed by atoms with E-state index in [4.69, 9.17) is 11.6 Å². The Balaban J connectivity index is 1.96. The number of amides is 1. The second-order valence-corrected chi connectivity index (χ2v) is 4.81. The maximum Gasteiger partial charge on any atom is 0.251 e. The van der Waals surface area contributed by atoms with Crippen LogP contribution in [0.15, 0.2) is 30.3 Å². The highest BCUT2D eigenvalue weighted by Crippen LogP contribution is 2.23. The van der Waals surface area contributed by atoms with E-state index in [-0.39, 0.29) is 17.3 Å². The van der Waals surface area contributed by atoms with Gasteiger partial charge in [-0.15, -0.1) is 11.6 Å². The fourth-order valence-corrected chi connectivity index (χ4v) is 2.43. The summed E-state index contributed by atoms with van der Waals surface area (Å²) in [5, 5.41) is 3.10. The minimum absolute atomic E-state index is 0.0156. The summed E-state index contributed by atoms with van der Waals surface area (Å²) < 4.78 is 0. The molecule has 0 aromatic heterocycles. The molecule has 1 N–H and O–H groups in total. The summed E-state index contributed by atoms with van der Waals surface area (Å²) in [6, 6.07) is 9.41. The average molecular weight is 238 g/mol. The van der Waals surface area contributed by atoms with Gasteiger partial charge in [0.25, 0.3) is 5.91 Å². The summed E-state index contributed by atoms with van der Waals surface area (Å²) in [7, 11) is 0. The highest BCUT2D eigenvalue weighted by atomic mass is 35.5. The molecule has 0 radical (unpaired) electrons. The Kier molecular flexibility index (Phi) is 3.83. The Labute approximate surface area is 101 Å². The zero-order valence-electron chi connectivity index (χ0n) is 9.16. The Bertz CT molecular complexity index is 352. The molecule has 3 heteroatoms. The smallest absolute Gasteiger partial charge is 0.251 e. The molecule has 1 amide bonds. The maximum atomic E-state index is 11.9. The van der Waals surface area contributed by atoms with Crippen molar-refractivity contribution in [1.82, 2.24) is 5.32 Å². The lowest BCUT2D eigenvalue weighted by molar-refractivity contribution is 0.0928. The summed E-state index contributed by atoms with van der Waals surface area (Å²) in [5.41, 5.74) is 0.706. The van der Waals surface area contributed by atoms with E-state index in [0.717, 1.165) is 19.3 Å². The van der Waals surface area contributed by atoms with Crippen molar-refractivity contribution in [2.24, 2.45) is 0 Å². The zero-order chi connectivity index (χ0) is 11.4. The van der Waals surface area contributed by atoms with Crippen LogP contribution in [0.3, 0.4) is 0 Å². The molecule has 2 rings (SSSR count). The van der Waals surface area contributed by atoms with Crippen LogP contribution in [-0.4, -0.2) is 17.3 Å². The predicted molar refractivity (Wildman–Crippen MR) is 65.8 cm³/mol. The number of alkyl halides is 1. The molecule has 0 heterocycles. The molecular formula is C13H16ClNO. The average Bonchev–Trinajstić information content (AvgIpc) is 2.33. The van der Waals surface area contributed by atoms with Gasteiger partial charge in [-0.2, -0.15) is 0 Å². The molecule has 1 fully saturated rings. The zero-order valence-corrected chi connectivity index (χ0v) is 9.91. The van der Waals surface area contributed by atoms with Crippen LogP contribution in [0, 0.1) is 0 Å². The Hall–Kier alpha value is -1.02. The lowest BCUT2D eigenvalue weighted by Crippen LogP contribution is -2.42. The van der Waals surface area contributed by atoms with Crippen molar-refractivity contribution in [3.05, 3.63) is 35.9 Å². The number of carbonyl (C=O) groups is 1. The molecule has 2 nitrogen and oxygen atoms in total. The molecule has 0 spiro atoms. The molecule has 0 aliphatic heterocycles. The quantitative estimate of drug-likeness (QED) is 0.788. The summed E-state index contributed by atoms with van der Waals surface area (Å²) in [4.78, 5) is 11.9. The second-order valence-electron chi connectivity index (χ2n) is 4.25. The number of carbonyl (C=O) groups excluding carboxylic acids is 1. The van der Waals surface area contributed by atoms with Crippen LogP contribution < -0.4 is 5.32 Å². The van der Waals surface area contributed by atoms with Gasteiger partial charge in [-0.25, -0.2) is 0 Å². The molecule has 1 aliphatic rings. The number of hydrogen-bond acceptors (Lipinski definition) is 1. The lowest BCUT2D eigenvalue weighted by atomic mass is 9.94. The van der Waals surface area contributed by atoms with E-state index in [1.165, 1.54) is 6.42 Å². The van der Waals surface area contributed by atoms with Crippen LogP contribution in [0.2, 0.25) is 0 Å². The van der Waals surface area contributed by atoms with Crippen molar-refractivity contribution in [2.45, 2.75) is 37.1 Å². The van der Waals surface area contributed by atoms with Crippen LogP contribution in [0.1, 0.15) is 36.0 Å². The second kappa shape index (κ2) is 5.35. The van der Waals surface area contributed by atoms with Gasteiger partial charge in [0, 0.05) is 11.6 Å². The van der Waals surface area contributed by atoms with E-state index in [1.807, 2.05) is 30.3 Å². The van der Waals surface area contributed by atoms with E-state index in [2.05, 4.69) is 5.32 Å². The first-order valence-corrected chi connectivity index (χ1v) is 6.21. The third-order valence-electron chi connectivity index (χ3n) is 3.03. The van der Waals surface area contributed by atoms with Crippen molar-refractivity contribution in [2.75, 3.05) is 0 Å². The van der Waals surface area contributed by atoms with Gasteiger partial charge < -0.3 is 5.32 Å². The molecular weight excluding hydrogens is 222 g/mol. The molecule has 0 bridgehead atoms. The van der Waals surface area contributed by atoms with Gasteiger partial charge in [0.2, 0.25) is 0 Å². The topological polar surface area (TPSA) is 29.1 Å². The first kappa shape index (κ1) is 11.5. The van der Waals surface area contributed by atoms with Gasteiger partial charge in [0.15, 0.2) is 0 Å². The Morgan fingerprint density at radius 2 is 1.88 bits per heavy atom. The maximum absolute atomic E-state index is 11.9. The molecule has 1 saturated carbocycles. The molecule has 2 atom stereocenters. The van der Waals surface area contributed by atoms with Crippen LogP contribution >= 0.6 is 11.6 Å². The van der Waals surface area contributed by atoms with Gasteiger partial charge in [-0.05, 0) is 25.0 Å². The third-order valence-corrected chi connectivity index (χ3v) is 3.56. The number of halogens is 1. The molecule has 86 valence electrons. The van der Waals surface area contributed by atoms with Crippen LogP contribution in [0.5, 0.6) is 0 Å². The molecule has 0 saturated heterocycles. The van der Waals surface area contributed by atoms with Crippen LogP contribution in [-0.2, 0) is 0 Å². The standard InChI is InChI=1S/C13H16ClNO/c14-11-8-4-5-9-12(11)15-13(16)10-6-2-1-3-7-10/h1-3,6-7,11-12H,4-5,8-9H2,(H,15,16)/t11-,12+/m0/s1. The van der Waals surface area contributed by atoms with Crippen molar-refractivity contribution in [3.63, 3.8) is 0 Å². The van der Waals surface area contributed by atoms with E-state index < -0.39 is 0 Å². The SMILES string of the molecule is O=C(N[C@@H]1CCCC[C@@H]1Cl)c1ccccc1. The number of rotatable bonds is 2. The number of benzene rings is 1. The van der Waals surface area contributed by atoms with Crippen molar-refractivity contribution < 1.29 is 4.79 Å². The van der Waals surface area contributed by atoms with Gasteiger partial charge in [0.1, 0.15) is 0 Å². The summed E-state index contributed by atoms with van der Waals surface area (Å²) in [5.74, 6) is -0.0156. The highest BCUT2D eigenvalue weighted by molar-refractivity contribution is 6.21. The summed E-state index contributed by atoms with van der Waals surface area (Å²) in [6.07, 6.45) is 4.32. The highest BCUT2D eigenvalue weighted by Gasteiger charge is 2.24. The normalized spacial score (nSPS) is 25.1. The number of nitrogens with one attached hydrogen (secondary N) is 1. The van der Waals surface area contributed by atoms with Crippen LogP contribution in [0.25, 0.3) is 0 Å². The minimum Gasteiger partial charge on any atom is -0.348 e. The Morgan fingerprint density at radius 3 is 2.56 bits per heavy atom. The monoisotopic (exact) mass is 237 g/mol. The van der Waals surface area contributed by atoms with Gasteiger partial charge in [0.05, 0.1) is 5.38 Å². The lowest BCUT2D eigenvalue weighted by Gasteiger charge is -2.27. The Morgan fingerprint density at radius 1 is 1.19 bits per heavy atom. The van der Waals surface area contributed by atoms with Gasteiger partial charge in [-0.3, -0.25) is 4.79 Å². The predicted octanol–water partition coefficient (Wildman–Crippen LogP) is 2.97. The summed E-state index contributed by atoms with van der Waals surface area (Å²) in [6.45, 7) is 0. The van der Waals surface area contributed by atoms with E-state index >= 15 is 0 Å². The van der Waals surface area contributed by atoms with Gasteiger partial charge >= 0.3 is 0 Å². The van der Waals surface area contributed by atoms with Crippen molar-refractivity contribution >= 4 is 17.5 Å². The summed E-state index contributed by atoms with van der Waals surface area (Å²) >= 11 is 6.20. The number of hydrogen-bond donors (Lipinski definition) is 1. The van der Waals surface area contributed by atoms with E-state index in [9.17, 15) is 4.79 Å². The molecule has 16 heavy (non-hydrogen) atoms. The first-order chi connectivity index (χ1) is 7.77. The fourth-order valence-electron chi connectivity index (χ4n) is 2.09. The third kappa shape index (κ3) is 2.76. The fraction of sp³-hybridized carbons (Fsp3) is 0.462.